The van der Waals surface area contributed by atoms with Crippen LogP contribution in [0.2, 0.25) is 0 Å². The number of likely N-dealkylation sites (N-methyl/N-ethyl adjacent to an activating group) is 1. The molecule has 4 nitrogen and oxygen atoms in total. The molecule has 1 amide bonds. The third-order valence-corrected chi connectivity index (χ3v) is 3.81. The number of hydrogen-bond acceptors (Lipinski definition) is 3. The van der Waals surface area contributed by atoms with E-state index in [-0.39, 0.29) is 11.9 Å². The van der Waals surface area contributed by atoms with Crippen LogP contribution < -0.4 is 15.5 Å². The van der Waals surface area contributed by atoms with Crippen molar-refractivity contribution in [2.45, 2.75) is 39.2 Å². The third-order valence-electron chi connectivity index (χ3n) is 3.81. The molecule has 0 fully saturated rings. The van der Waals surface area contributed by atoms with E-state index in [1.54, 1.807) is 0 Å². The van der Waals surface area contributed by atoms with Gasteiger partial charge in [0.25, 0.3) is 0 Å². The molecule has 1 aromatic rings. The van der Waals surface area contributed by atoms with Gasteiger partial charge in [-0.25, -0.2) is 0 Å². The molecule has 0 spiro atoms. The first-order valence-electron chi connectivity index (χ1n) is 7.56. The lowest BCUT2D eigenvalue weighted by atomic mass is 10.1. The predicted molar refractivity (Wildman–Crippen MR) is 84.3 cm³/mol. The van der Waals surface area contributed by atoms with Crippen LogP contribution in [-0.4, -0.2) is 26.0 Å². The fraction of sp³-hybridized carbons (Fsp3) is 0.562. The maximum Gasteiger partial charge on any atom is 0.246 e. The quantitative estimate of drug-likeness (QED) is 0.752. The number of benzene rings is 1. The van der Waals surface area contributed by atoms with Crippen molar-refractivity contribution in [3.05, 3.63) is 23.8 Å². The second-order valence-corrected chi connectivity index (χ2v) is 5.38. The SMILES string of the molecule is CCCCCN(C)c1ccc2c(c1)NC(=O)C2NCC. The minimum absolute atomic E-state index is 0.0487. The smallest absolute Gasteiger partial charge is 0.246 e. The molecule has 1 heterocycles. The molecule has 0 saturated carbocycles. The molecule has 110 valence electrons. The molecule has 0 saturated heterocycles. The van der Waals surface area contributed by atoms with Crippen molar-refractivity contribution in [1.82, 2.24) is 5.32 Å². The summed E-state index contributed by atoms with van der Waals surface area (Å²) in [5.41, 5.74) is 3.17. The molecule has 1 atom stereocenters. The van der Waals surface area contributed by atoms with Crippen molar-refractivity contribution < 1.29 is 4.79 Å². The van der Waals surface area contributed by atoms with E-state index in [9.17, 15) is 4.79 Å². The maximum absolute atomic E-state index is 11.9. The van der Waals surface area contributed by atoms with Crippen molar-refractivity contribution >= 4 is 17.3 Å². The Hall–Kier alpha value is -1.55. The van der Waals surface area contributed by atoms with Crippen LogP contribution in [-0.2, 0) is 4.79 Å². The Bertz CT molecular complexity index is 473. The fourth-order valence-corrected chi connectivity index (χ4v) is 2.62. The summed E-state index contributed by atoms with van der Waals surface area (Å²) in [4.78, 5) is 14.2. The zero-order chi connectivity index (χ0) is 14.5. The van der Waals surface area contributed by atoms with Gasteiger partial charge >= 0.3 is 0 Å². The van der Waals surface area contributed by atoms with Crippen molar-refractivity contribution in [2.75, 3.05) is 30.4 Å². The number of unbranched alkanes of at least 4 members (excludes halogenated alkanes) is 2. The average Bonchev–Trinajstić information content (AvgIpc) is 2.75. The molecule has 4 heteroatoms. The summed E-state index contributed by atoms with van der Waals surface area (Å²) in [6, 6.07) is 6.05. The standard InChI is InChI=1S/C16H25N3O/c1-4-6-7-10-19(3)12-8-9-13-14(11-12)18-16(20)15(13)17-5-2/h8-9,11,15,17H,4-7,10H2,1-3H3,(H,18,20). The van der Waals surface area contributed by atoms with Gasteiger partial charge in [-0.05, 0) is 25.1 Å². The monoisotopic (exact) mass is 275 g/mol. The zero-order valence-electron chi connectivity index (χ0n) is 12.7. The highest BCUT2D eigenvalue weighted by Gasteiger charge is 2.29. The second-order valence-electron chi connectivity index (χ2n) is 5.38. The number of amides is 1. The lowest BCUT2D eigenvalue weighted by Gasteiger charge is -2.20. The van der Waals surface area contributed by atoms with Gasteiger partial charge in [0.05, 0.1) is 0 Å². The fourth-order valence-electron chi connectivity index (χ4n) is 2.62. The Balaban J connectivity index is 2.09. The second kappa shape index (κ2) is 6.75. The van der Waals surface area contributed by atoms with E-state index in [0.717, 1.165) is 30.0 Å². The minimum Gasteiger partial charge on any atom is -0.375 e. The van der Waals surface area contributed by atoms with Gasteiger partial charge in [0.1, 0.15) is 6.04 Å². The summed E-state index contributed by atoms with van der Waals surface area (Å²) in [5, 5.41) is 6.18. The number of fused-ring (bicyclic) bond motifs is 1. The van der Waals surface area contributed by atoms with Crippen LogP contribution in [0.4, 0.5) is 11.4 Å². The summed E-state index contributed by atoms with van der Waals surface area (Å²) < 4.78 is 0. The molecule has 0 radical (unpaired) electrons. The first-order chi connectivity index (χ1) is 9.67. The topological polar surface area (TPSA) is 44.4 Å². The summed E-state index contributed by atoms with van der Waals surface area (Å²) in [6.07, 6.45) is 3.70. The molecule has 0 aromatic heterocycles. The largest absolute Gasteiger partial charge is 0.375 e. The Morgan fingerprint density at radius 3 is 2.80 bits per heavy atom. The molecular formula is C16H25N3O. The van der Waals surface area contributed by atoms with Gasteiger partial charge in [-0.2, -0.15) is 0 Å². The lowest BCUT2D eigenvalue weighted by Crippen LogP contribution is -2.27. The Kier molecular flexibility index (Phi) is 5.01. The minimum atomic E-state index is -0.200. The van der Waals surface area contributed by atoms with Gasteiger partial charge in [-0.3, -0.25) is 4.79 Å². The van der Waals surface area contributed by atoms with E-state index >= 15 is 0 Å². The van der Waals surface area contributed by atoms with E-state index in [4.69, 9.17) is 0 Å². The zero-order valence-corrected chi connectivity index (χ0v) is 12.7. The molecule has 1 aliphatic rings. The number of carbonyl (C=O) groups is 1. The summed E-state index contributed by atoms with van der Waals surface area (Å²) >= 11 is 0. The van der Waals surface area contributed by atoms with Gasteiger partial charge in [-0.15, -0.1) is 0 Å². The van der Waals surface area contributed by atoms with Gasteiger partial charge < -0.3 is 15.5 Å². The van der Waals surface area contributed by atoms with E-state index in [0.29, 0.717) is 0 Å². The number of carbonyl (C=O) groups excluding carboxylic acids is 1. The molecule has 2 rings (SSSR count). The van der Waals surface area contributed by atoms with Crippen LogP contribution in [0.1, 0.15) is 44.7 Å². The third kappa shape index (κ3) is 3.12. The van der Waals surface area contributed by atoms with Gasteiger partial charge in [0.2, 0.25) is 5.91 Å². The van der Waals surface area contributed by atoms with Crippen LogP contribution in [0.15, 0.2) is 18.2 Å². The van der Waals surface area contributed by atoms with Crippen LogP contribution in [0.5, 0.6) is 0 Å². The molecular weight excluding hydrogens is 250 g/mol. The number of hydrogen-bond donors (Lipinski definition) is 2. The first-order valence-corrected chi connectivity index (χ1v) is 7.56. The molecule has 20 heavy (non-hydrogen) atoms. The number of nitrogens with one attached hydrogen (secondary N) is 2. The molecule has 0 aliphatic carbocycles. The highest BCUT2D eigenvalue weighted by atomic mass is 16.2. The Labute approximate surface area is 121 Å². The maximum atomic E-state index is 11.9. The van der Waals surface area contributed by atoms with Crippen LogP contribution in [0.3, 0.4) is 0 Å². The lowest BCUT2D eigenvalue weighted by molar-refractivity contribution is -0.117. The molecule has 1 aromatic carbocycles. The summed E-state index contributed by atoms with van der Waals surface area (Å²) in [6.45, 7) is 6.07. The van der Waals surface area contributed by atoms with Crippen molar-refractivity contribution in [1.29, 1.82) is 0 Å². The molecule has 0 bridgehead atoms. The Morgan fingerprint density at radius 1 is 1.30 bits per heavy atom. The van der Waals surface area contributed by atoms with Crippen molar-refractivity contribution in [2.24, 2.45) is 0 Å². The number of rotatable bonds is 7. The Morgan fingerprint density at radius 2 is 2.10 bits per heavy atom. The molecule has 2 N–H and O–H groups in total. The summed E-state index contributed by atoms with van der Waals surface area (Å²) in [7, 11) is 2.11. The van der Waals surface area contributed by atoms with Crippen LogP contribution in [0, 0.1) is 0 Å². The van der Waals surface area contributed by atoms with Crippen LogP contribution >= 0.6 is 0 Å². The number of nitrogens with zero attached hydrogens (tertiary/aromatic N) is 1. The van der Waals surface area contributed by atoms with Gasteiger partial charge in [0, 0.05) is 30.5 Å². The van der Waals surface area contributed by atoms with Crippen molar-refractivity contribution in [3.63, 3.8) is 0 Å². The normalized spacial score (nSPS) is 16.9. The highest BCUT2D eigenvalue weighted by molar-refractivity contribution is 6.03. The molecule has 1 unspecified atom stereocenters. The first kappa shape index (κ1) is 14.9. The predicted octanol–water partition coefficient (Wildman–Crippen LogP) is 2.92. The van der Waals surface area contributed by atoms with Crippen molar-refractivity contribution in [3.8, 4) is 0 Å². The van der Waals surface area contributed by atoms with E-state index in [2.05, 4.69) is 47.7 Å². The van der Waals surface area contributed by atoms with E-state index in [1.165, 1.54) is 19.3 Å². The van der Waals surface area contributed by atoms with E-state index < -0.39 is 0 Å². The van der Waals surface area contributed by atoms with Crippen LogP contribution in [0.25, 0.3) is 0 Å². The number of anilines is 2. The van der Waals surface area contributed by atoms with Gasteiger partial charge in [0.15, 0.2) is 0 Å². The van der Waals surface area contributed by atoms with E-state index in [1.807, 2.05) is 6.92 Å². The van der Waals surface area contributed by atoms with Gasteiger partial charge in [-0.1, -0.05) is 32.8 Å². The average molecular weight is 275 g/mol. The highest BCUT2D eigenvalue weighted by Crippen LogP contribution is 2.33. The molecule has 1 aliphatic heterocycles. The summed E-state index contributed by atoms with van der Waals surface area (Å²) in [5.74, 6) is 0.0487.